The number of aliphatic hydroxyl groups is 1. The molecule has 0 radical (unpaired) electrons. The van der Waals surface area contributed by atoms with Crippen LogP contribution in [-0.2, 0) is 4.74 Å². The maximum absolute atomic E-state index is 10.1. The predicted octanol–water partition coefficient (Wildman–Crippen LogP) is 5.35. The quantitative estimate of drug-likeness (QED) is 0.640. The summed E-state index contributed by atoms with van der Waals surface area (Å²) in [7, 11) is 1.91. The van der Waals surface area contributed by atoms with Crippen molar-refractivity contribution >= 4 is 0 Å². The lowest BCUT2D eigenvalue weighted by Gasteiger charge is -2.47. The van der Waals surface area contributed by atoms with E-state index in [2.05, 4.69) is 6.08 Å². The highest BCUT2D eigenvalue weighted by molar-refractivity contribution is 5.18. The fourth-order valence-electron chi connectivity index (χ4n) is 8.15. The second-order valence-electron chi connectivity index (χ2n) is 10.4. The number of hydrogen-bond acceptors (Lipinski definition) is 2. The van der Waals surface area contributed by atoms with Crippen molar-refractivity contribution in [3.63, 3.8) is 0 Å². The number of ether oxygens (including phenoxy) is 1. The van der Waals surface area contributed by atoms with Crippen LogP contribution >= 0.6 is 0 Å². The van der Waals surface area contributed by atoms with Gasteiger partial charge in [-0.05, 0) is 118 Å². The lowest BCUT2D eigenvalue weighted by molar-refractivity contribution is -0.0225. The molecule has 0 amide bonds. The van der Waals surface area contributed by atoms with Crippen LogP contribution in [-0.4, -0.2) is 24.4 Å². The summed E-state index contributed by atoms with van der Waals surface area (Å²) in [6, 6.07) is 0. The minimum absolute atomic E-state index is 0.0173. The first-order chi connectivity index (χ1) is 12.7. The molecule has 4 fully saturated rings. The number of aliphatic hydroxyl groups excluding tert-OH is 1. The maximum atomic E-state index is 10.1. The third-order valence-corrected chi connectivity index (χ3v) is 9.39. The normalized spacial score (nSPS) is 51.2. The minimum atomic E-state index is -0.0173. The molecule has 26 heavy (non-hydrogen) atoms. The molecule has 0 bridgehead atoms. The molecule has 146 valence electrons. The summed E-state index contributed by atoms with van der Waals surface area (Å²) in [5.41, 5.74) is 1.85. The van der Waals surface area contributed by atoms with Gasteiger partial charge in [-0.2, -0.15) is 0 Å². The van der Waals surface area contributed by atoms with Crippen LogP contribution in [0.4, 0.5) is 0 Å². The molecule has 0 heterocycles. The van der Waals surface area contributed by atoms with Crippen LogP contribution in [0.1, 0.15) is 77.0 Å². The molecule has 5 aliphatic rings. The van der Waals surface area contributed by atoms with Crippen molar-refractivity contribution < 1.29 is 9.84 Å². The molecule has 0 aromatic heterocycles. The molecule has 5 aliphatic carbocycles. The second-order valence-corrected chi connectivity index (χ2v) is 10.4. The van der Waals surface area contributed by atoms with Crippen LogP contribution in [0.25, 0.3) is 0 Å². The van der Waals surface area contributed by atoms with E-state index in [9.17, 15) is 5.11 Å². The van der Waals surface area contributed by atoms with E-state index >= 15 is 0 Å². The Labute approximate surface area is 159 Å². The van der Waals surface area contributed by atoms with Gasteiger partial charge in [-0.25, -0.2) is 0 Å². The summed E-state index contributed by atoms with van der Waals surface area (Å²) in [5.74, 6) is 6.42. The number of fused-ring (bicyclic) bond motifs is 6. The topological polar surface area (TPSA) is 29.5 Å². The summed E-state index contributed by atoms with van der Waals surface area (Å²) < 4.78 is 5.72. The third-order valence-electron chi connectivity index (χ3n) is 9.39. The van der Waals surface area contributed by atoms with E-state index in [1.807, 2.05) is 12.7 Å². The third kappa shape index (κ3) is 3.09. The van der Waals surface area contributed by atoms with E-state index in [-0.39, 0.29) is 6.10 Å². The number of methoxy groups -OCH3 is 1. The summed E-state index contributed by atoms with van der Waals surface area (Å²) in [6.07, 6.45) is 19.2. The van der Waals surface area contributed by atoms with E-state index in [0.29, 0.717) is 6.10 Å². The van der Waals surface area contributed by atoms with Gasteiger partial charge in [0.15, 0.2) is 0 Å². The van der Waals surface area contributed by atoms with Crippen LogP contribution in [0.15, 0.2) is 11.6 Å². The molecule has 0 aromatic carbocycles. The van der Waals surface area contributed by atoms with Crippen molar-refractivity contribution in [1.82, 2.24) is 0 Å². The molecule has 1 N–H and O–H groups in total. The Bertz CT molecular complexity index is 540. The Morgan fingerprint density at radius 3 is 2.46 bits per heavy atom. The zero-order valence-corrected chi connectivity index (χ0v) is 16.6. The van der Waals surface area contributed by atoms with Crippen molar-refractivity contribution in [3.05, 3.63) is 11.6 Å². The molecule has 0 aliphatic heterocycles. The van der Waals surface area contributed by atoms with Gasteiger partial charge in [0, 0.05) is 7.11 Å². The first-order valence-electron chi connectivity index (χ1n) is 11.6. The van der Waals surface area contributed by atoms with Gasteiger partial charge in [0.05, 0.1) is 12.2 Å². The molecular formula is C24H38O2. The van der Waals surface area contributed by atoms with Gasteiger partial charge in [-0.3, -0.25) is 0 Å². The summed E-state index contributed by atoms with van der Waals surface area (Å²) >= 11 is 0. The van der Waals surface area contributed by atoms with Crippen LogP contribution in [0.3, 0.4) is 0 Å². The van der Waals surface area contributed by atoms with Crippen LogP contribution < -0.4 is 0 Å². The number of allylic oxidation sites excluding steroid dienone is 2. The van der Waals surface area contributed by atoms with Gasteiger partial charge in [0.25, 0.3) is 0 Å². The predicted molar refractivity (Wildman–Crippen MR) is 105 cm³/mol. The van der Waals surface area contributed by atoms with E-state index in [0.717, 1.165) is 54.3 Å². The van der Waals surface area contributed by atoms with Gasteiger partial charge >= 0.3 is 0 Å². The Kier molecular flexibility index (Phi) is 4.94. The largest absolute Gasteiger partial charge is 0.393 e. The first kappa shape index (κ1) is 17.7. The zero-order chi connectivity index (χ0) is 17.7. The van der Waals surface area contributed by atoms with Crippen molar-refractivity contribution in [2.45, 2.75) is 89.3 Å². The van der Waals surface area contributed by atoms with Crippen molar-refractivity contribution in [2.75, 3.05) is 7.11 Å². The van der Waals surface area contributed by atoms with E-state index in [1.54, 1.807) is 0 Å². The molecule has 9 atom stereocenters. The highest BCUT2D eigenvalue weighted by Gasteiger charge is 2.46. The molecule has 5 rings (SSSR count). The van der Waals surface area contributed by atoms with Gasteiger partial charge in [0.1, 0.15) is 0 Å². The van der Waals surface area contributed by atoms with Crippen LogP contribution in [0.5, 0.6) is 0 Å². The monoisotopic (exact) mass is 358 g/mol. The van der Waals surface area contributed by atoms with Crippen molar-refractivity contribution in [1.29, 1.82) is 0 Å². The van der Waals surface area contributed by atoms with Gasteiger partial charge in [-0.15, -0.1) is 0 Å². The minimum Gasteiger partial charge on any atom is -0.393 e. The van der Waals surface area contributed by atoms with E-state index < -0.39 is 0 Å². The number of hydrogen-bond donors (Lipinski definition) is 1. The molecule has 0 saturated heterocycles. The summed E-state index contributed by atoms with van der Waals surface area (Å²) in [5, 5.41) is 10.1. The Balaban J connectivity index is 1.33. The first-order valence-corrected chi connectivity index (χ1v) is 11.6. The average Bonchev–Trinajstić information content (AvgIpc) is 2.86. The fraction of sp³-hybridized carbons (Fsp3) is 0.917. The fourth-order valence-corrected chi connectivity index (χ4v) is 8.15. The average molecular weight is 359 g/mol. The van der Waals surface area contributed by atoms with Crippen molar-refractivity contribution in [2.24, 2.45) is 41.4 Å². The van der Waals surface area contributed by atoms with Gasteiger partial charge in [-0.1, -0.05) is 11.6 Å². The zero-order valence-electron chi connectivity index (χ0n) is 16.6. The Hall–Kier alpha value is -0.340. The van der Waals surface area contributed by atoms with Crippen molar-refractivity contribution in [3.8, 4) is 0 Å². The second kappa shape index (κ2) is 7.24. The highest BCUT2D eigenvalue weighted by atomic mass is 16.5. The molecule has 0 aromatic rings. The maximum Gasteiger partial charge on any atom is 0.0574 e. The smallest absolute Gasteiger partial charge is 0.0574 e. The molecular weight excluding hydrogens is 320 g/mol. The molecule has 2 nitrogen and oxygen atoms in total. The number of rotatable bonds is 1. The molecule has 4 saturated carbocycles. The lowest BCUT2D eigenvalue weighted by atomic mass is 9.59. The summed E-state index contributed by atoms with van der Waals surface area (Å²) in [6.45, 7) is 0. The van der Waals surface area contributed by atoms with Crippen LogP contribution in [0.2, 0.25) is 0 Å². The molecule has 9 unspecified atom stereocenters. The molecule has 0 spiro atoms. The highest BCUT2D eigenvalue weighted by Crippen LogP contribution is 2.56. The van der Waals surface area contributed by atoms with Gasteiger partial charge in [0.2, 0.25) is 0 Å². The van der Waals surface area contributed by atoms with E-state index in [1.165, 1.54) is 64.2 Å². The van der Waals surface area contributed by atoms with Gasteiger partial charge < -0.3 is 9.84 Å². The Morgan fingerprint density at radius 2 is 1.58 bits per heavy atom. The standard InChI is InChI=1S/C24H38O2/c1-26-20-7-9-22-18(14-20)5-3-16-12-15-2-4-17-13-19(25)6-8-21(17)23(15)10-11-24(16)22/h2,16-25H,3-14H2,1H3. The lowest BCUT2D eigenvalue weighted by Crippen LogP contribution is -2.40. The SMILES string of the molecule is COC1CCC2C(CCC3CC4=CCC5CC(O)CCC5C4CCC32)C1. The Morgan fingerprint density at radius 1 is 0.808 bits per heavy atom. The summed E-state index contributed by atoms with van der Waals surface area (Å²) in [4.78, 5) is 0. The van der Waals surface area contributed by atoms with Crippen LogP contribution in [0, 0.1) is 41.4 Å². The van der Waals surface area contributed by atoms with E-state index in [4.69, 9.17) is 4.74 Å². The molecule has 2 heteroatoms.